The summed E-state index contributed by atoms with van der Waals surface area (Å²) in [4.78, 5) is 25.9. The molecule has 0 aliphatic carbocycles. The zero-order valence-corrected chi connectivity index (χ0v) is 12.9. The molecule has 1 heterocycles. The molecule has 2 rings (SSSR count). The van der Waals surface area contributed by atoms with E-state index >= 15 is 0 Å². The SMILES string of the molecule is C=CCC(=O)N1[C@@H](C(=O)OC)CCC[C@H]1c1ccc(F)c(F)c1. The summed E-state index contributed by atoms with van der Waals surface area (Å²) in [5.74, 6) is -2.71. The zero-order chi connectivity index (χ0) is 17.0. The number of nitrogens with zero attached hydrogens (tertiary/aromatic N) is 1. The summed E-state index contributed by atoms with van der Waals surface area (Å²) in [7, 11) is 1.26. The van der Waals surface area contributed by atoms with Gasteiger partial charge in [0.25, 0.3) is 0 Å². The van der Waals surface area contributed by atoms with Crippen LogP contribution in [-0.2, 0) is 14.3 Å². The van der Waals surface area contributed by atoms with Gasteiger partial charge in [-0.2, -0.15) is 0 Å². The summed E-state index contributed by atoms with van der Waals surface area (Å²) in [5, 5.41) is 0. The van der Waals surface area contributed by atoms with E-state index in [9.17, 15) is 18.4 Å². The monoisotopic (exact) mass is 323 g/mol. The highest BCUT2D eigenvalue weighted by Crippen LogP contribution is 2.36. The molecule has 0 N–H and O–H groups in total. The highest BCUT2D eigenvalue weighted by molar-refractivity contribution is 5.85. The summed E-state index contributed by atoms with van der Waals surface area (Å²) < 4.78 is 31.5. The zero-order valence-electron chi connectivity index (χ0n) is 12.9. The number of hydrogen-bond acceptors (Lipinski definition) is 3. The maximum absolute atomic E-state index is 13.5. The van der Waals surface area contributed by atoms with Gasteiger partial charge in [0.1, 0.15) is 6.04 Å². The van der Waals surface area contributed by atoms with Crippen LogP contribution in [0.3, 0.4) is 0 Å². The van der Waals surface area contributed by atoms with Crippen molar-refractivity contribution in [3.63, 3.8) is 0 Å². The largest absolute Gasteiger partial charge is 0.467 e. The first-order valence-corrected chi connectivity index (χ1v) is 7.44. The van der Waals surface area contributed by atoms with Crippen molar-refractivity contribution in [1.29, 1.82) is 0 Å². The summed E-state index contributed by atoms with van der Waals surface area (Å²) in [6, 6.07) is 2.34. The standard InChI is InChI=1S/C17H19F2NO3/c1-3-5-16(21)20-14(6-4-7-15(20)17(22)23-2)11-8-9-12(18)13(19)10-11/h3,8-10,14-15H,1,4-7H2,2H3/t14-,15+/m0/s1. The van der Waals surface area contributed by atoms with E-state index in [-0.39, 0.29) is 12.3 Å². The van der Waals surface area contributed by atoms with Gasteiger partial charge in [-0.05, 0) is 37.0 Å². The molecule has 6 heteroatoms. The van der Waals surface area contributed by atoms with Crippen molar-refractivity contribution in [2.75, 3.05) is 7.11 Å². The lowest BCUT2D eigenvalue weighted by Crippen LogP contribution is -2.49. The second kappa shape index (κ2) is 7.35. The van der Waals surface area contributed by atoms with Gasteiger partial charge in [0.2, 0.25) is 5.91 Å². The lowest BCUT2D eigenvalue weighted by molar-refractivity contribution is -0.157. The minimum atomic E-state index is -0.973. The molecule has 1 aliphatic heterocycles. The molecule has 0 radical (unpaired) electrons. The number of hydrogen-bond donors (Lipinski definition) is 0. The first-order valence-electron chi connectivity index (χ1n) is 7.44. The Kier molecular flexibility index (Phi) is 5.47. The van der Waals surface area contributed by atoms with Crippen LogP contribution in [0.1, 0.15) is 37.3 Å². The topological polar surface area (TPSA) is 46.6 Å². The number of carbonyl (C=O) groups is 2. The Labute approximate surface area is 133 Å². The molecule has 1 fully saturated rings. The molecular weight excluding hydrogens is 304 g/mol. The van der Waals surface area contributed by atoms with Gasteiger partial charge in [-0.25, -0.2) is 13.6 Å². The van der Waals surface area contributed by atoms with Crippen LogP contribution in [0.15, 0.2) is 30.9 Å². The fraction of sp³-hybridized carbons (Fsp3) is 0.412. The number of halogens is 2. The van der Waals surface area contributed by atoms with E-state index in [0.717, 1.165) is 12.1 Å². The maximum atomic E-state index is 13.5. The van der Waals surface area contributed by atoms with Crippen LogP contribution in [0.25, 0.3) is 0 Å². The van der Waals surface area contributed by atoms with Gasteiger partial charge in [0.15, 0.2) is 11.6 Å². The third-order valence-electron chi connectivity index (χ3n) is 4.04. The van der Waals surface area contributed by atoms with Crippen molar-refractivity contribution >= 4 is 11.9 Å². The van der Waals surface area contributed by atoms with Crippen LogP contribution in [0.2, 0.25) is 0 Å². The van der Waals surface area contributed by atoms with Crippen LogP contribution in [0.5, 0.6) is 0 Å². The number of benzene rings is 1. The van der Waals surface area contributed by atoms with E-state index in [1.165, 1.54) is 24.2 Å². The summed E-state index contributed by atoms with van der Waals surface area (Å²) in [5.41, 5.74) is 0.468. The molecule has 124 valence electrons. The Morgan fingerprint density at radius 3 is 2.70 bits per heavy atom. The first kappa shape index (κ1) is 17.1. The lowest BCUT2D eigenvalue weighted by atomic mass is 9.90. The average Bonchev–Trinajstić information content (AvgIpc) is 2.56. The molecule has 1 aromatic rings. The molecular formula is C17H19F2NO3. The van der Waals surface area contributed by atoms with Gasteiger partial charge < -0.3 is 9.64 Å². The van der Waals surface area contributed by atoms with E-state index in [4.69, 9.17) is 4.74 Å². The molecule has 0 saturated carbocycles. The first-order chi connectivity index (χ1) is 11.0. The number of ether oxygens (including phenoxy) is 1. The third-order valence-corrected chi connectivity index (χ3v) is 4.04. The average molecular weight is 323 g/mol. The van der Waals surface area contributed by atoms with Crippen LogP contribution < -0.4 is 0 Å². The van der Waals surface area contributed by atoms with Crippen molar-refractivity contribution < 1.29 is 23.1 Å². The van der Waals surface area contributed by atoms with Crippen molar-refractivity contribution in [2.24, 2.45) is 0 Å². The Balaban J connectivity index is 2.40. The number of methoxy groups -OCH3 is 1. The molecule has 1 saturated heterocycles. The highest BCUT2D eigenvalue weighted by atomic mass is 19.2. The number of amides is 1. The van der Waals surface area contributed by atoms with E-state index < -0.39 is 29.7 Å². The van der Waals surface area contributed by atoms with Gasteiger partial charge in [-0.1, -0.05) is 12.1 Å². The van der Waals surface area contributed by atoms with E-state index in [0.29, 0.717) is 24.8 Å². The van der Waals surface area contributed by atoms with Crippen molar-refractivity contribution in [1.82, 2.24) is 4.90 Å². The quantitative estimate of drug-likeness (QED) is 0.632. The third kappa shape index (κ3) is 3.57. The minimum absolute atomic E-state index is 0.0632. The molecule has 0 bridgehead atoms. The highest BCUT2D eigenvalue weighted by Gasteiger charge is 2.39. The molecule has 4 nitrogen and oxygen atoms in total. The number of esters is 1. The van der Waals surface area contributed by atoms with Crippen LogP contribution in [-0.4, -0.2) is 29.9 Å². The van der Waals surface area contributed by atoms with E-state index in [1.807, 2.05) is 0 Å². The van der Waals surface area contributed by atoms with Crippen LogP contribution >= 0.6 is 0 Å². The summed E-state index contributed by atoms with van der Waals surface area (Å²) in [6.07, 6.45) is 3.25. The van der Waals surface area contributed by atoms with Crippen LogP contribution in [0, 0.1) is 11.6 Å². The van der Waals surface area contributed by atoms with Crippen molar-refractivity contribution in [3.8, 4) is 0 Å². The summed E-state index contributed by atoms with van der Waals surface area (Å²) in [6.45, 7) is 3.54. The molecule has 0 spiro atoms. The normalized spacial score (nSPS) is 20.9. The fourth-order valence-corrected chi connectivity index (χ4v) is 2.99. The number of rotatable bonds is 4. The molecule has 1 aromatic carbocycles. The van der Waals surface area contributed by atoms with E-state index in [1.54, 1.807) is 0 Å². The molecule has 0 unspecified atom stereocenters. The van der Waals surface area contributed by atoms with Crippen LogP contribution in [0.4, 0.5) is 8.78 Å². The minimum Gasteiger partial charge on any atom is -0.467 e. The number of likely N-dealkylation sites (tertiary alicyclic amines) is 1. The van der Waals surface area contributed by atoms with Gasteiger partial charge in [-0.15, -0.1) is 6.58 Å². The second-order valence-electron chi connectivity index (χ2n) is 5.45. The smallest absolute Gasteiger partial charge is 0.328 e. The van der Waals surface area contributed by atoms with Crippen molar-refractivity contribution in [3.05, 3.63) is 48.1 Å². The number of piperidine rings is 1. The van der Waals surface area contributed by atoms with Gasteiger partial charge in [0.05, 0.1) is 13.2 Å². The Morgan fingerprint density at radius 2 is 2.09 bits per heavy atom. The van der Waals surface area contributed by atoms with E-state index in [2.05, 4.69) is 6.58 Å². The Bertz CT molecular complexity index is 618. The molecule has 23 heavy (non-hydrogen) atoms. The van der Waals surface area contributed by atoms with Gasteiger partial charge in [0, 0.05) is 6.42 Å². The Hall–Kier alpha value is -2.24. The maximum Gasteiger partial charge on any atom is 0.328 e. The van der Waals surface area contributed by atoms with Gasteiger partial charge in [-0.3, -0.25) is 4.79 Å². The molecule has 1 amide bonds. The predicted molar refractivity (Wildman–Crippen MR) is 80.4 cm³/mol. The van der Waals surface area contributed by atoms with Crippen molar-refractivity contribution in [2.45, 2.75) is 37.8 Å². The molecule has 2 atom stereocenters. The molecule has 1 aliphatic rings. The number of carbonyl (C=O) groups excluding carboxylic acids is 2. The lowest BCUT2D eigenvalue weighted by Gasteiger charge is -2.41. The summed E-state index contributed by atoms with van der Waals surface area (Å²) >= 11 is 0. The second-order valence-corrected chi connectivity index (χ2v) is 5.45. The fourth-order valence-electron chi connectivity index (χ4n) is 2.99. The van der Waals surface area contributed by atoms with Gasteiger partial charge >= 0.3 is 5.97 Å². The predicted octanol–water partition coefficient (Wildman–Crippen LogP) is 3.14. The Morgan fingerprint density at radius 1 is 1.35 bits per heavy atom. The molecule has 0 aromatic heterocycles.